The van der Waals surface area contributed by atoms with E-state index in [-0.39, 0.29) is 12.3 Å². The van der Waals surface area contributed by atoms with Crippen LogP contribution in [0.3, 0.4) is 0 Å². The van der Waals surface area contributed by atoms with Gasteiger partial charge in [0.2, 0.25) is 0 Å². The third-order valence-electron chi connectivity index (χ3n) is 4.07. The fourth-order valence-corrected chi connectivity index (χ4v) is 2.82. The molecule has 0 saturated carbocycles. The third-order valence-corrected chi connectivity index (χ3v) is 4.07. The Hall–Kier alpha value is -3.60. The molecule has 0 aliphatic rings. The minimum absolute atomic E-state index is 0.127. The highest BCUT2D eigenvalue weighted by atomic mass is 19.4. The van der Waals surface area contributed by atoms with Crippen LogP contribution in [0.15, 0.2) is 54.7 Å². The lowest BCUT2D eigenvalue weighted by atomic mass is 10.2. The molecular weight excluding hydrogens is 399 g/mol. The third kappa shape index (κ3) is 6.21. The molecule has 3 rings (SSSR count). The number of carbonyl (C=O) groups is 1. The number of benzene rings is 2. The van der Waals surface area contributed by atoms with Crippen LogP contribution in [0, 0.1) is 11.8 Å². The normalized spacial score (nSPS) is 11.0. The van der Waals surface area contributed by atoms with Gasteiger partial charge in [0.25, 0.3) is 0 Å². The van der Waals surface area contributed by atoms with E-state index in [1.807, 2.05) is 18.2 Å². The highest BCUT2D eigenvalue weighted by Gasteiger charge is 2.31. The van der Waals surface area contributed by atoms with Crippen molar-refractivity contribution in [2.75, 3.05) is 6.61 Å². The maximum absolute atomic E-state index is 12.3. The first-order chi connectivity index (χ1) is 14.3. The van der Waals surface area contributed by atoms with Gasteiger partial charge in [-0.1, -0.05) is 17.9 Å². The Labute approximate surface area is 170 Å². The molecule has 0 saturated heterocycles. The summed E-state index contributed by atoms with van der Waals surface area (Å²) in [5, 5.41) is 9.89. The monoisotopic (exact) mass is 417 g/mol. The Bertz CT molecular complexity index is 1090. The zero-order valence-electron chi connectivity index (χ0n) is 15.8. The first-order valence-corrected chi connectivity index (χ1v) is 9.08. The van der Waals surface area contributed by atoms with Crippen molar-refractivity contribution in [3.8, 4) is 23.3 Å². The second-order valence-corrected chi connectivity index (χ2v) is 6.39. The van der Waals surface area contributed by atoms with E-state index >= 15 is 0 Å². The predicted molar refractivity (Wildman–Crippen MR) is 104 cm³/mol. The maximum Gasteiger partial charge on any atom is 0.573 e. The average Bonchev–Trinajstić information content (AvgIpc) is 3.05. The fourth-order valence-electron chi connectivity index (χ4n) is 2.82. The molecule has 0 spiro atoms. The minimum atomic E-state index is -4.73. The lowest BCUT2D eigenvalue weighted by molar-refractivity contribution is -0.274. The number of hydrogen-bond acceptors (Lipinski definition) is 3. The molecule has 1 aromatic heterocycles. The Kier molecular flexibility index (Phi) is 6.52. The highest BCUT2D eigenvalue weighted by Crippen LogP contribution is 2.23. The maximum atomic E-state index is 12.3. The van der Waals surface area contributed by atoms with Crippen LogP contribution in [0.2, 0.25) is 0 Å². The highest BCUT2D eigenvalue weighted by molar-refractivity contribution is 5.83. The molecule has 8 heteroatoms. The molecule has 5 nitrogen and oxygen atoms in total. The number of aliphatic carboxylic acids is 1. The largest absolute Gasteiger partial charge is 0.573 e. The predicted octanol–water partition coefficient (Wildman–Crippen LogP) is 4.84. The van der Waals surface area contributed by atoms with E-state index in [0.29, 0.717) is 30.8 Å². The number of ether oxygens (including phenoxy) is 2. The average molecular weight is 417 g/mol. The second-order valence-electron chi connectivity index (χ2n) is 6.39. The molecule has 0 atom stereocenters. The number of hydrogen-bond donors (Lipinski definition) is 1. The van der Waals surface area contributed by atoms with Crippen molar-refractivity contribution < 1.29 is 32.5 Å². The topological polar surface area (TPSA) is 60.7 Å². The summed E-state index contributed by atoms with van der Waals surface area (Å²) in [5.74, 6) is 5.10. The molecule has 0 unspecified atom stereocenters. The molecule has 0 aliphatic heterocycles. The summed E-state index contributed by atoms with van der Waals surface area (Å²) >= 11 is 0. The van der Waals surface area contributed by atoms with Crippen molar-refractivity contribution >= 4 is 16.9 Å². The number of rotatable bonds is 7. The number of halogens is 3. The van der Waals surface area contributed by atoms with Gasteiger partial charge in [0.05, 0.1) is 12.1 Å². The first kappa shape index (κ1) is 21.1. The minimum Gasteiger partial charge on any atom is -0.493 e. The van der Waals surface area contributed by atoms with Crippen LogP contribution in [0.4, 0.5) is 13.2 Å². The van der Waals surface area contributed by atoms with E-state index in [4.69, 9.17) is 9.84 Å². The van der Waals surface area contributed by atoms with Crippen molar-refractivity contribution in [2.45, 2.75) is 25.7 Å². The van der Waals surface area contributed by atoms with E-state index in [0.717, 1.165) is 10.9 Å². The van der Waals surface area contributed by atoms with Gasteiger partial charge < -0.3 is 19.1 Å². The van der Waals surface area contributed by atoms with Gasteiger partial charge in [-0.3, -0.25) is 4.79 Å². The van der Waals surface area contributed by atoms with Gasteiger partial charge >= 0.3 is 12.3 Å². The number of nitrogens with zero attached hydrogens (tertiary/aromatic N) is 1. The Morgan fingerprint density at radius 1 is 1.10 bits per heavy atom. The first-order valence-electron chi connectivity index (χ1n) is 9.08. The van der Waals surface area contributed by atoms with Gasteiger partial charge in [-0.25, -0.2) is 0 Å². The summed E-state index contributed by atoms with van der Waals surface area (Å²) in [4.78, 5) is 10.9. The van der Waals surface area contributed by atoms with Crippen LogP contribution in [0.1, 0.15) is 18.4 Å². The van der Waals surface area contributed by atoms with Crippen LogP contribution in [0.5, 0.6) is 11.5 Å². The van der Waals surface area contributed by atoms with E-state index < -0.39 is 12.3 Å². The molecule has 30 heavy (non-hydrogen) atoms. The lowest BCUT2D eigenvalue weighted by Crippen LogP contribution is -2.17. The lowest BCUT2D eigenvalue weighted by Gasteiger charge is -2.08. The van der Waals surface area contributed by atoms with Gasteiger partial charge in [-0.15, -0.1) is 13.2 Å². The molecule has 2 aromatic carbocycles. The zero-order valence-corrected chi connectivity index (χ0v) is 15.8. The Balaban J connectivity index is 1.50. The van der Waals surface area contributed by atoms with Crippen LogP contribution in [0.25, 0.3) is 10.9 Å². The number of carboxylic acid groups (broad SMARTS) is 1. The van der Waals surface area contributed by atoms with E-state index in [2.05, 4.69) is 16.6 Å². The molecular formula is C22H18F3NO4. The molecule has 156 valence electrons. The zero-order chi connectivity index (χ0) is 21.6. The molecule has 0 bridgehead atoms. The van der Waals surface area contributed by atoms with E-state index in [9.17, 15) is 18.0 Å². The summed E-state index contributed by atoms with van der Waals surface area (Å²) in [6.45, 7) is 0.273. The molecule has 1 heterocycles. The number of aromatic nitrogens is 1. The van der Waals surface area contributed by atoms with Crippen molar-refractivity contribution in [3.63, 3.8) is 0 Å². The Morgan fingerprint density at radius 3 is 2.70 bits per heavy atom. The molecule has 0 amide bonds. The smallest absolute Gasteiger partial charge is 0.493 e. The summed E-state index contributed by atoms with van der Waals surface area (Å²) in [7, 11) is 0. The second kappa shape index (κ2) is 9.27. The quantitative estimate of drug-likeness (QED) is 0.442. The van der Waals surface area contributed by atoms with E-state index in [1.165, 1.54) is 18.2 Å². The summed E-state index contributed by atoms with van der Waals surface area (Å²) in [6, 6.07) is 12.8. The summed E-state index contributed by atoms with van der Waals surface area (Å²) < 4.78 is 47.9. The molecule has 1 N–H and O–H groups in total. The number of alkyl halides is 3. The SMILES string of the molecule is O=C(O)Cn1ccc2ccc(OCCCC#Cc3cccc(OC(F)(F)F)c3)cc21. The molecule has 0 aliphatic carbocycles. The molecule has 0 radical (unpaired) electrons. The number of unbranched alkanes of at least 4 members (excludes halogenated alkanes) is 1. The van der Waals surface area contributed by atoms with Crippen LogP contribution >= 0.6 is 0 Å². The van der Waals surface area contributed by atoms with E-state index in [1.54, 1.807) is 22.9 Å². The van der Waals surface area contributed by atoms with Crippen LogP contribution in [-0.2, 0) is 11.3 Å². The molecule has 3 aromatic rings. The number of fused-ring (bicyclic) bond motifs is 1. The van der Waals surface area contributed by atoms with Gasteiger partial charge in [0.1, 0.15) is 18.0 Å². The van der Waals surface area contributed by atoms with Crippen LogP contribution in [-0.4, -0.2) is 28.6 Å². The van der Waals surface area contributed by atoms with Crippen molar-refractivity contribution in [2.24, 2.45) is 0 Å². The summed E-state index contributed by atoms with van der Waals surface area (Å²) in [5.41, 5.74) is 1.21. The van der Waals surface area contributed by atoms with Crippen LogP contribution < -0.4 is 9.47 Å². The van der Waals surface area contributed by atoms with Crippen molar-refractivity contribution in [3.05, 3.63) is 60.3 Å². The Morgan fingerprint density at radius 2 is 1.93 bits per heavy atom. The standard InChI is InChI=1S/C22H18F3NO4/c23-22(24,25)30-19-7-4-6-16(13-19)5-2-1-3-12-29-18-9-8-17-10-11-26(15-21(27)28)20(17)14-18/h4,6-11,13-14H,1,3,12,15H2,(H,27,28). The van der Waals surface area contributed by atoms with Crippen molar-refractivity contribution in [1.29, 1.82) is 0 Å². The molecule has 0 fully saturated rings. The van der Waals surface area contributed by atoms with Crippen molar-refractivity contribution in [1.82, 2.24) is 4.57 Å². The van der Waals surface area contributed by atoms with Gasteiger partial charge in [0.15, 0.2) is 0 Å². The summed E-state index contributed by atoms with van der Waals surface area (Å²) in [6.07, 6.45) is -1.89. The fraction of sp³-hybridized carbons (Fsp3) is 0.227. The van der Waals surface area contributed by atoms with Gasteiger partial charge in [-0.05, 0) is 48.2 Å². The number of carboxylic acids is 1. The van der Waals surface area contributed by atoms with Gasteiger partial charge in [-0.2, -0.15) is 0 Å². The van der Waals surface area contributed by atoms with Gasteiger partial charge in [0, 0.05) is 24.2 Å².